The van der Waals surface area contributed by atoms with E-state index < -0.39 is 6.10 Å². The number of aliphatic hydroxyl groups excluding tert-OH is 1. The Morgan fingerprint density at radius 2 is 2.21 bits per heavy atom. The number of hydrogen-bond donors (Lipinski definition) is 2. The van der Waals surface area contributed by atoms with Crippen LogP contribution < -0.4 is 5.32 Å². The summed E-state index contributed by atoms with van der Waals surface area (Å²) in [5.74, 6) is -0.213. The summed E-state index contributed by atoms with van der Waals surface area (Å²) >= 11 is 0. The molecular formula is C14H17N3O2. The smallest absolute Gasteiger partial charge is 0.271 e. The number of nitrogens with one attached hydrogen (secondary N) is 1. The maximum absolute atomic E-state index is 12.1. The number of nitrogens with zero attached hydrogens (tertiary/aromatic N) is 2. The summed E-state index contributed by atoms with van der Waals surface area (Å²) in [6.45, 7) is 0. The SMILES string of the molecule is O=C(N[C@H]1CCCC[C@@H]1O)c1cn2ccccc2n1. The van der Waals surface area contributed by atoms with Gasteiger partial charge in [0.25, 0.3) is 5.91 Å². The maximum atomic E-state index is 12.1. The molecule has 1 aliphatic rings. The van der Waals surface area contributed by atoms with Gasteiger partial charge in [-0.1, -0.05) is 18.9 Å². The molecule has 0 saturated heterocycles. The molecule has 100 valence electrons. The molecule has 5 heteroatoms. The van der Waals surface area contributed by atoms with Crippen molar-refractivity contribution >= 4 is 11.6 Å². The first kappa shape index (κ1) is 12.2. The first-order valence-electron chi connectivity index (χ1n) is 6.67. The highest BCUT2D eigenvalue weighted by molar-refractivity contribution is 5.93. The molecule has 2 atom stereocenters. The third kappa shape index (κ3) is 2.46. The van der Waals surface area contributed by atoms with Gasteiger partial charge < -0.3 is 14.8 Å². The second kappa shape index (κ2) is 5.01. The molecule has 2 aromatic heterocycles. The molecule has 1 aliphatic carbocycles. The van der Waals surface area contributed by atoms with Gasteiger partial charge >= 0.3 is 0 Å². The van der Waals surface area contributed by atoms with Gasteiger partial charge in [0.05, 0.1) is 12.1 Å². The molecule has 0 aromatic carbocycles. The van der Waals surface area contributed by atoms with E-state index in [1.54, 1.807) is 6.20 Å². The van der Waals surface area contributed by atoms with Crippen LogP contribution in [0.1, 0.15) is 36.2 Å². The quantitative estimate of drug-likeness (QED) is 0.856. The minimum Gasteiger partial charge on any atom is -0.391 e. The first-order chi connectivity index (χ1) is 9.24. The average molecular weight is 259 g/mol. The largest absolute Gasteiger partial charge is 0.391 e. The Hall–Kier alpha value is -1.88. The highest BCUT2D eigenvalue weighted by atomic mass is 16.3. The summed E-state index contributed by atoms with van der Waals surface area (Å²) < 4.78 is 1.81. The second-order valence-electron chi connectivity index (χ2n) is 5.02. The van der Waals surface area contributed by atoms with Crippen LogP contribution in [-0.2, 0) is 0 Å². The van der Waals surface area contributed by atoms with E-state index >= 15 is 0 Å². The van der Waals surface area contributed by atoms with Crippen molar-refractivity contribution < 1.29 is 9.90 Å². The fourth-order valence-corrected chi connectivity index (χ4v) is 2.57. The summed E-state index contributed by atoms with van der Waals surface area (Å²) in [4.78, 5) is 16.4. The Bertz CT molecular complexity index is 560. The van der Waals surface area contributed by atoms with Crippen molar-refractivity contribution in [2.75, 3.05) is 0 Å². The number of hydrogen-bond acceptors (Lipinski definition) is 3. The molecule has 5 nitrogen and oxygen atoms in total. The minimum absolute atomic E-state index is 0.147. The number of imidazole rings is 1. The van der Waals surface area contributed by atoms with Crippen LogP contribution in [0, 0.1) is 0 Å². The standard InChI is InChI=1S/C14H17N3O2/c18-12-6-2-1-5-10(12)16-14(19)11-9-17-8-4-3-7-13(17)15-11/h3-4,7-10,12,18H,1-2,5-6H2,(H,16,19)/t10-,12-/m0/s1. The minimum atomic E-state index is -0.435. The van der Waals surface area contributed by atoms with E-state index in [1.165, 1.54) is 0 Å². The Labute approximate surface area is 111 Å². The van der Waals surface area contributed by atoms with Crippen LogP contribution in [-0.4, -0.2) is 32.5 Å². The number of aromatic nitrogens is 2. The van der Waals surface area contributed by atoms with E-state index in [-0.39, 0.29) is 11.9 Å². The van der Waals surface area contributed by atoms with Gasteiger partial charge in [0.2, 0.25) is 0 Å². The number of fused-ring (bicyclic) bond motifs is 1. The zero-order valence-electron chi connectivity index (χ0n) is 10.6. The third-order valence-electron chi connectivity index (χ3n) is 3.64. The highest BCUT2D eigenvalue weighted by Crippen LogP contribution is 2.18. The van der Waals surface area contributed by atoms with Crippen LogP contribution in [0.15, 0.2) is 30.6 Å². The summed E-state index contributed by atoms with van der Waals surface area (Å²) in [7, 11) is 0. The maximum Gasteiger partial charge on any atom is 0.271 e. The first-order valence-corrected chi connectivity index (χ1v) is 6.67. The van der Waals surface area contributed by atoms with Gasteiger partial charge in [0, 0.05) is 12.4 Å². The Kier molecular flexibility index (Phi) is 3.21. The van der Waals surface area contributed by atoms with Crippen LogP contribution >= 0.6 is 0 Å². The van der Waals surface area contributed by atoms with Gasteiger partial charge in [-0.15, -0.1) is 0 Å². The Balaban J connectivity index is 1.76. The number of amides is 1. The molecule has 0 spiro atoms. The van der Waals surface area contributed by atoms with Crippen molar-refractivity contribution in [3.63, 3.8) is 0 Å². The number of carbonyl (C=O) groups is 1. The van der Waals surface area contributed by atoms with E-state index in [0.717, 1.165) is 31.3 Å². The average Bonchev–Trinajstić information content (AvgIpc) is 2.85. The summed E-state index contributed by atoms with van der Waals surface area (Å²) in [6.07, 6.45) is 6.80. The van der Waals surface area contributed by atoms with Crippen LogP contribution in [0.25, 0.3) is 5.65 Å². The van der Waals surface area contributed by atoms with E-state index in [4.69, 9.17) is 0 Å². The van der Waals surface area contributed by atoms with Crippen molar-refractivity contribution in [1.29, 1.82) is 0 Å². The third-order valence-corrected chi connectivity index (χ3v) is 3.64. The van der Waals surface area contributed by atoms with Crippen LogP contribution in [0.3, 0.4) is 0 Å². The molecule has 2 N–H and O–H groups in total. The van der Waals surface area contributed by atoms with Gasteiger partial charge in [0.15, 0.2) is 0 Å². The van der Waals surface area contributed by atoms with Gasteiger partial charge in [-0.25, -0.2) is 4.98 Å². The van der Waals surface area contributed by atoms with Crippen LogP contribution in [0.4, 0.5) is 0 Å². The van der Waals surface area contributed by atoms with Crippen molar-refractivity contribution in [3.05, 3.63) is 36.3 Å². The lowest BCUT2D eigenvalue weighted by atomic mass is 9.92. The van der Waals surface area contributed by atoms with Gasteiger partial charge in [-0.3, -0.25) is 4.79 Å². The van der Waals surface area contributed by atoms with Gasteiger partial charge in [0.1, 0.15) is 11.3 Å². The fraction of sp³-hybridized carbons (Fsp3) is 0.429. The van der Waals surface area contributed by atoms with Gasteiger partial charge in [-0.2, -0.15) is 0 Å². The normalized spacial score (nSPS) is 23.4. The highest BCUT2D eigenvalue weighted by Gasteiger charge is 2.25. The summed E-state index contributed by atoms with van der Waals surface area (Å²) in [5, 5.41) is 12.7. The predicted octanol–water partition coefficient (Wildman–Crippen LogP) is 1.37. The Morgan fingerprint density at radius 1 is 1.37 bits per heavy atom. The molecule has 19 heavy (non-hydrogen) atoms. The molecule has 3 rings (SSSR count). The van der Waals surface area contributed by atoms with E-state index in [9.17, 15) is 9.90 Å². The van der Waals surface area contributed by atoms with E-state index in [1.807, 2.05) is 28.8 Å². The lowest BCUT2D eigenvalue weighted by molar-refractivity contribution is 0.0714. The molecule has 0 aliphatic heterocycles. The van der Waals surface area contributed by atoms with Crippen LogP contribution in [0.2, 0.25) is 0 Å². The zero-order chi connectivity index (χ0) is 13.2. The van der Waals surface area contributed by atoms with Crippen molar-refractivity contribution in [2.45, 2.75) is 37.8 Å². The lowest BCUT2D eigenvalue weighted by Gasteiger charge is -2.27. The lowest BCUT2D eigenvalue weighted by Crippen LogP contribution is -2.45. The molecule has 2 heterocycles. The Morgan fingerprint density at radius 3 is 3.00 bits per heavy atom. The number of carbonyl (C=O) groups excluding carboxylic acids is 1. The molecule has 1 amide bonds. The van der Waals surface area contributed by atoms with E-state index in [0.29, 0.717) is 5.69 Å². The predicted molar refractivity (Wildman–Crippen MR) is 70.9 cm³/mol. The van der Waals surface area contributed by atoms with Crippen molar-refractivity contribution in [1.82, 2.24) is 14.7 Å². The van der Waals surface area contributed by atoms with E-state index in [2.05, 4.69) is 10.3 Å². The molecule has 1 saturated carbocycles. The fourth-order valence-electron chi connectivity index (χ4n) is 2.57. The molecule has 0 radical (unpaired) electrons. The molecule has 2 aromatic rings. The van der Waals surface area contributed by atoms with Crippen molar-refractivity contribution in [3.8, 4) is 0 Å². The molecule has 1 fully saturated rings. The summed E-state index contributed by atoms with van der Waals surface area (Å²) in [6, 6.07) is 5.48. The van der Waals surface area contributed by atoms with Gasteiger partial charge in [-0.05, 0) is 25.0 Å². The van der Waals surface area contributed by atoms with Crippen LogP contribution in [0.5, 0.6) is 0 Å². The summed E-state index contributed by atoms with van der Waals surface area (Å²) in [5.41, 5.74) is 1.14. The second-order valence-corrected chi connectivity index (χ2v) is 5.02. The number of pyridine rings is 1. The number of aliphatic hydroxyl groups is 1. The molecular weight excluding hydrogens is 242 g/mol. The number of rotatable bonds is 2. The zero-order valence-corrected chi connectivity index (χ0v) is 10.6. The topological polar surface area (TPSA) is 66.6 Å². The molecule has 0 unspecified atom stereocenters. The molecule has 0 bridgehead atoms. The van der Waals surface area contributed by atoms with Crippen molar-refractivity contribution in [2.24, 2.45) is 0 Å². The monoisotopic (exact) mass is 259 g/mol.